The molecule has 0 saturated carbocycles. The van der Waals surface area contributed by atoms with Crippen LogP contribution in [-0.2, 0) is 9.59 Å². The molecule has 1 heterocycles. The van der Waals surface area contributed by atoms with Crippen molar-refractivity contribution < 1.29 is 14.7 Å². The molecule has 0 radical (unpaired) electrons. The van der Waals surface area contributed by atoms with E-state index in [1.165, 1.54) is 4.90 Å². The minimum absolute atomic E-state index is 0.0163. The molecule has 14 heavy (non-hydrogen) atoms. The first-order valence-electron chi connectivity index (χ1n) is 4.78. The maximum atomic E-state index is 11.7. The monoisotopic (exact) mass is 200 g/mol. The average molecular weight is 200 g/mol. The van der Waals surface area contributed by atoms with Crippen LogP contribution in [0, 0.1) is 5.92 Å². The van der Waals surface area contributed by atoms with E-state index in [0.29, 0.717) is 6.54 Å². The Kier molecular flexibility index (Phi) is 3.88. The third kappa shape index (κ3) is 2.99. The van der Waals surface area contributed by atoms with E-state index < -0.39 is 5.97 Å². The van der Waals surface area contributed by atoms with Gasteiger partial charge in [0.25, 0.3) is 0 Å². The smallest absolute Gasteiger partial charge is 0.305 e. The molecule has 1 amide bonds. The predicted molar refractivity (Wildman–Crippen MR) is 50.9 cm³/mol. The van der Waals surface area contributed by atoms with Crippen LogP contribution in [-0.4, -0.2) is 48.6 Å². The third-order valence-electron chi connectivity index (χ3n) is 2.45. The number of hydrogen-bond donors (Lipinski definition) is 2. The van der Waals surface area contributed by atoms with Crippen molar-refractivity contribution in [1.82, 2.24) is 10.2 Å². The molecule has 80 valence electrons. The van der Waals surface area contributed by atoms with E-state index >= 15 is 0 Å². The van der Waals surface area contributed by atoms with Crippen LogP contribution in [0.1, 0.15) is 12.8 Å². The Balaban J connectivity index is 2.31. The van der Waals surface area contributed by atoms with Crippen molar-refractivity contribution in [1.29, 1.82) is 0 Å². The summed E-state index contributed by atoms with van der Waals surface area (Å²) in [7, 11) is 1.66. The zero-order chi connectivity index (χ0) is 10.6. The fourth-order valence-corrected chi connectivity index (χ4v) is 1.55. The maximum absolute atomic E-state index is 11.7. The lowest BCUT2D eigenvalue weighted by Gasteiger charge is -2.19. The summed E-state index contributed by atoms with van der Waals surface area (Å²) in [6.45, 7) is 1.89. The number of amides is 1. The summed E-state index contributed by atoms with van der Waals surface area (Å²) in [5.41, 5.74) is 0. The molecule has 1 aliphatic rings. The molecule has 0 spiro atoms. The van der Waals surface area contributed by atoms with Gasteiger partial charge in [-0.25, -0.2) is 0 Å². The standard InChI is InChI=1S/C9H16N2O3/c1-11(5-3-8(12)13)9(14)7-2-4-10-6-7/h7,10H,2-6H2,1H3,(H,12,13). The molecule has 2 N–H and O–H groups in total. The van der Waals surface area contributed by atoms with Crippen molar-refractivity contribution in [3.05, 3.63) is 0 Å². The lowest BCUT2D eigenvalue weighted by Crippen LogP contribution is -2.35. The minimum atomic E-state index is -0.866. The maximum Gasteiger partial charge on any atom is 0.305 e. The number of carboxylic acids is 1. The quantitative estimate of drug-likeness (QED) is 0.643. The topological polar surface area (TPSA) is 69.6 Å². The van der Waals surface area contributed by atoms with Crippen LogP contribution in [0.3, 0.4) is 0 Å². The minimum Gasteiger partial charge on any atom is -0.481 e. The molecule has 5 heteroatoms. The van der Waals surface area contributed by atoms with Gasteiger partial charge in [0.2, 0.25) is 5.91 Å². The number of hydrogen-bond acceptors (Lipinski definition) is 3. The van der Waals surface area contributed by atoms with E-state index in [0.717, 1.165) is 19.5 Å². The molecule has 1 unspecified atom stereocenters. The van der Waals surface area contributed by atoms with Gasteiger partial charge in [-0.05, 0) is 13.0 Å². The first kappa shape index (κ1) is 11.0. The molecule has 0 aromatic carbocycles. The van der Waals surface area contributed by atoms with Gasteiger partial charge in [-0.2, -0.15) is 0 Å². The van der Waals surface area contributed by atoms with E-state index in [2.05, 4.69) is 5.32 Å². The molecule has 0 bridgehead atoms. The van der Waals surface area contributed by atoms with E-state index in [1.807, 2.05) is 0 Å². The Morgan fingerprint density at radius 3 is 2.79 bits per heavy atom. The Morgan fingerprint density at radius 2 is 2.29 bits per heavy atom. The fourth-order valence-electron chi connectivity index (χ4n) is 1.55. The summed E-state index contributed by atoms with van der Waals surface area (Å²) in [5.74, 6) is -0.778. The van der Waals surface area contributed by atoms with Gasteiger partial charge >= 0.3 is 5.97 Å². The highest BCUT2D eigenvalue weighted by Crippen LogP contribution is 2.10. The van der Waals surface area contributed by atoms with Crippen molar-refractivity contribution in [2.24, 2.45) is 5.92 Å². The number of carbonyl (C=O) groups excluding carboxylic acids is 1. The number of carbonyl (C=O) groups is 2. The molecule has 0 aliphatic carbocycles. The Morgan fingerprint density at radius 1 is 1.57 bits per heavy atom. The Labute approximate surface area is 83.1 Å². The highest BCUT2D eigenvalue weighted by atomic mass is 16.4. The van der Waals surface area contributed by atoms with Gasteiger partial charge in [0.15, 0.2) is 0 Å². The summed E-state index contributed by atoms with van der Waals surface area (Å²) in [6, 6.07) is 0. The van der Waals surface area contributed by atoms with E-state index in [9.17, 15) is 9.59 Å². The van der Waals surface area contributed by atoms with Crippen molar-refractivity contribution in [2.45, 2.75) is 12.8 Å². The van der Waals surface area contributed by atoms with Crippen molar-refractivity contribution in [3.63, 3.8) is 0 Å². The van der Waals surface area contributed by atoms with Gasteiger partial charge in [0, 0.05) is 20.1 Å². The number of nitrogens with one attached hydrogen (secondary N) is 1. The normalized spacial score (nSPS) is 20.8. The van der Waals surface area contributed by atoms with E-state index in [-0.39, 0.29) is 18.2 Å². The second-order valence-electron chi connectivity index (χ2n) is 3.59. The van der Waals surface area contributed by atoms with Crippen molar-refractivity contribution in [2.75, 3.05) is 26.7 Å². The Bertz CT molecular complexity index is 224. The zero-order valence-corrected chi connectivity index (χ0v) is 8.32. The highest BCUT2D eigenvalue weighted by molar-refractivity contribution is 5.79. The Hall–Kier alpha value is -1.10. The summed E-state index contributed by atoms with van der Waals surface area (Å²) in [5, 5.41) is 11.6. The van der Waals surface area contributed by atoms with Gasteiger partial charge in [0.05, 0.1) is 12.3 Å². The van der Waals surface area contributed by atoms with Gasteiger partial charge in [0.1, 0.15) is 0 Å². The second-order valence-corrected chi connectivity index (χ2v) is 3.59. The van der Waals surface area contributed by atoms with Crippen LogP contribution in [0.5, 0.6) is 0 Å². The first-order chi connectivity index (χ1) is 6.61. The van der Waals surface area contributed by atoms with Crippen molar-refractivity contribution >= 4 is 11.9 Å². The van der Waals surface area contributed by atoms with Crippen LogP contribution < -0.4 is 5.32 Å². The average Bonchev–Trinajstić information content (AvgIpc) is 2.65. The lowest BCUT2D eigenvalue weighted by molar-refractivity contribution is -0.138. The van der Waals surface area contributed by atoms with Gasteiger partial charge < -0.3 is 15.3 Å². The number of rotatable bonds is 4. The molecule has 1 atom stereocenters. The largest absolute Gasteiger partial charge is 0.481 e. The number of nitrogens with zero attached hydrogens (tertiary/aromatic N) is 1. The highest BCUT2D eigenvalue weighted by Gasteiger charge is 2.25. The molecule has 1 aliphatic heterocycles. The predicted octanol–water partition coefficient (Wildman–Crippen LogP) is -0.471. The second kappa shape index (κ2) is 4.95. The van der Waals surface area contributed by atoms with Gasteiger partial charge in [-0.3, -0.25) is 9.59 Å². The first-order valence-corrected chi connectivity index (χ1v) is 4.78. The molecule has 1 saturated heterocycles. The number of aliphatic carboxylic acids is 1. The summed E-state index contributed by atoms with van der Waals surface area (Å²) in [4.78, 5) is 23.5. The summed E-state index contributed by atoms with van der Waals surface area (Å²) >= 11 is 0. The van der Waals surface area contributed by atoms with E-state index in [4.69, 9.17) is 5.11 Å². The van der Waals surface area contributed by atoms with Gasteiger partial charge in [-0.15, -0.1) is 0 Å². The summed E-state index contributed by atoms with van der Waals surface area (Å²) in [6.07, 6.45) is 0.874. The molecule has 0 aromatic rings. The molecule has 5 nitrogen and oxygen atoms in total. The van der Waals surface area contributed by atoms with Crippen LogP contribution in [0.2, 0.25) is 0 Å². The van der Waals surface area contributed by atoms with Crippen LogP contribution >= 0.6 is 0 Å². The molecular formula is C9H16N2O3. The van der Waals surface area contributed by atoms with Crippen LogP contribution in [0.15, 0.2) is 0 Å². The SMILES string of the molecule is CN(CCC(=O)O)C(=O)C1CCNC1. The molecular weight excluding hydrogens is 184 g/mol. The van der Waals surface area contributed by atoms with Crippen LogP contribution in [0.4, 0.5) is 0 Å². The van der Waals surface area contributed by atoms with Crippen LogP contribution in [0.25, 0.3) is 0 Å². The lowest BCUT2D eigenvalue weighted by atomic mass is 10.1. The molecule has 0 aromatic heterocycles. The fraction of sp³-hybridized carbons (Fsp3) is 0.778. The van der Waals surface area contributed by atoms with E-state index in [1.54, 1.807) is 7.05 Å². The molecule has 1 rings (SSSR count). The number of carboxylic acid groups (broad SMARTS) is 1. The zero-order valence-electron chi connectivity index (χ0n) is 8.32. The third-order valence-corrected chi connectivity index (χ3v) is 2.45. The summed E-state index contributed by atoms with van der Waals surface area (Å²) < 4.78 is 0. The molecule has 1 fully saturated rings. The van der Waals surface area contributed by atoms with Gasteiger partial charge in [-0.1, -0.05) is 0 Å². The van der Waals surface area contributed by atoms with Crippen molar-refractivity contribution in [3.8, 4) is 0 Å².